The second kappa shape index (κ2) is 11.0. The van der Waals surface area contributed by atoms with E-state index in [0.29, 0.717) is 23.7 Å². The van der Waals surface area contributed by atoms with Crippen molar-refractivity contribution in [2.45, 2.75) is 27.2 Å². The van der Waals surface area contributed by atoms with Crippen LogP contribution in [0.4, 0.5) is 0 Å². The lowest BCUT2D eigenvalue weighted by atomic mass is 10.1. The molecule has 0 atom stereocenters. The van der Waals surface area contributed by atoms with Crippen LogP contribution in [-0.2, 0) is 4.79 Å². The molecular formula is C21H25N3O4S. The van der Waals surface area contributed by atoms with E-state index in [9.17, 15) is 9.59 Å². The third-order valence-electron chi connectivity index (χ3n) is 3.89. The molecule has 0 spiro atoms. The Morgan fingerprint density at radius 2 is 1.66 bits per heavy atom. The number of nitrogens with one attached hydrogen (secondary N) is 3. The molecule has 0 aliphatic carbocycles. The lowest BCUT2D eigenvalue weighted by molar-refractivity contribution is -0.123. The zero-order valence-electron chi connectivity index (χ0n) is 16.7. The molecule has 7 nitrogen and oxygen atoms in total. The molecule has 2 rings (SSSR count). The van der Waals surface area contributed by atoms with Gasteiger partial charge in [-0.2, -0.15) is 0 Å². The van der Waals surface area contributed by atoms with Crippen molar-refractivity contribution in [1.29, 1.82) is 0 Å². The highest BCUT2D eigenvalue weighted by molar-refractivity contribution is 7.80. The molecule has 0 radical (unpaired) electrons. The van der Waals surface area contributed by atoms with E-state index in [4.69, 9.17) is 21.7 Å². The van der Waals surface area contributed by atoms with Gasteiger partial charge in [-0.3, -0.25) is 25.8 Å². The van der Waals surface area contributed by atoms with Gasteiger partial charge < -0.3 is 9.47 Å². The van der Waals surface area contributed by atoms with Gasteiger partial charge in [-0.05, 0) is 55.7 Å². The molecule has 0 aliphatic heterocycles. The van der Waals surface area contributed by atoms with Crippen molar-refractivity contribution in [3.05, 3.63) is 59.2 Å². The SMILES string of the molecule is CCCOc1ccccc1C(=O)NC(=S)NNC(=O)COc1c(C)cccc1C. The molecule has 0 saturated carbocycles. The third kappa shape index (κ3) is 6.76. The third-order valence-corrected chi connectivity index (χ3v) is 4.10. The first-order valence-corrected chi connectivity index (χ1v) is 9.64. The Kier molecular flexibility index (Phi) is 8.42. The van der Waals surface area contributed by atoms with Gasteiger partial charge in [0.1, 0.15) is 11.5 Å². The summed E-state index contributed by atoms with van der Waals surface area (Å²) in [6, 6.07) is 12.6. The molecule has 2 amide bonds. The lowest BCUT2D eigenvalue weighted by Crippen LogP contribution is -2.49. The van der Waals surface area contributed by atoms with Crippen molar-refractivity contribution in [1.82, 2.24) is 16.2 Å². The Morgan fingerprint density at radius 3 is 2.34 bits per heavy atom. The Labute approximate surface area is 175 Å². The van der Waals surface area contributed by atoms with Crippen molar-refractivity contribution < 1.29 is 19.1 Å². The molecule has 0 saturated heterocycles. The molecule has 154 valence electrons. The second-order valence-electron chi connectivity index (χ2n) is 6.31. The van der Waals surface area contributed by atoms with Crippen LogP contribution in [0.15, 0.2) is 42.5 Å². The summed E-state index contributed by atoms with van der Waals surface area (Å²) in [4.78, 5) is 24.4. The van der Waals surface area contributed by atoms with Gasteiger partial charge in [0.2, 0.25) is 0 Å². The lowest BCUT2D eigenvalue weighted by Gasteiger charge is -2.14. The number of rotatable bonds is 7. The minimum absolute atomic E-state index is 0.0410. The minimum Gasteiger partial charge on any atom is -0.493 e. The fourth-order valence-corrected chi connectivity index (χ4v) is 2.66. The number of hydrogen-bond donors (Lipinski definition) is 3. The molecule has 0 bridgehead atoms. The molecule has 2 aromatic carbocycles. The van der Waals surface area contributed by atoms with E-state index in [1.165, 1.54) is 0 Å². The van der Waals surface area contributed by atoms with Gasteiger partial charge in [0.05, 0.1) is 12.2 Å². The van der Waals surface area contributed by atoms with Crippen molar-refractivity contribution in [3.63, 3.8) is 0 Å². The summed E-state index contributed by atoms with van der Waals surface area (Å²) in [5.41, 5.74) is 7.13. The molecule has 0 heterocycles. The first kappa shape index (κ1) is 22.2. The summed E-state index contributed by atoms with van der Waals surface area (Å²) >= 11 is 5.06. The number of para-hydroxylation sites is 2. The molecule has 29 heavy (non-hydrogen) atoms. The second-order valence-corrected chi connectivity index (χ2v) is 6.72. The van der Waals surface area contributed by atoms with Crippen molar-refractivity contribution in [2.24, 2.45) is 0 Å². The van der Waals surface area contributed by atoms with Gasteiger partial charge in [0.15, 0.2) is 11.7 Å². The van der Waals surface area contributed by atoms with Crippen LogP contribution in [0.2, 0.25) is 0 Å². The smallest absolute Gasteiger partial charge is 0.276 e. The summed E-state index contributed by atoms with van der Waals surface area (Å²) in [7, 11) is 0. The summed E-state index contributed by atoms with van der Waals surface area (Å²) < 4.78 is 11.1. The predicted octanol–water partition coefficient (Wildman–Crippen LogP) is 2.81. The van der Waals surface area contributed by atoms with Crippen LogP contribution in [0.3, 0.4) is 0 Å². The number of hydrazine groups is 1. The largest absolute Gasteiger partial charge is 0.493 e. The Balaban J connectivity index is 1.82. The highest BCUT2D eigenvalue weighted by Crippen LogP contribution is 2.22. The van der Waals surface area contributed by atoms with Crippen molar-refractivity contribution in [3.8, 4) is 11.5 Å². The minimum atomic E-state index is -0.435. The number of hydrogen-bond acceptors (Lipinski definition) is 5. The van der Waals surface area contributed by atoms with Gasteiger partial charge in [-0.25, -0.2) is 0 Å². The molecule has 2 aromatic rings. The molecule has 8 heteroatoms. The molecule has 0 aliphatic rings. The Morgan fingerprint density at radius 1 is 0.966 bits per heavy atom. The van der Waals surface area contributed by atoms with Gasteiger partial charge >= 0.3 is 0 Å². The number of carbonyl (C=O) groups is 2. The quantitative estimate of drug-likeness (QED) is 0.476. The maximum atomic E-state index is 12.4. The average molecular weight is 416 g/mol. The Bertz CT molecular complexity index is 866. The summed E-state index contributed by atoms with van der Waals surface area (Å²) in [5, 5.41) is 2.47. The number of thiocarbonyl (C=S) groups is 1. The van der Waals surface area contributed by atoms with Crippen LogP contribution in [0.1, 0.15) is 34.8 Å². The summed E-state index contributed by atoms with van der Waals surface area (Å²) in [6.45, 7) is 6.11. The van der Waals surface area contributed by atoms with Crippen LogP contribution in [0, 0.1) is 13.8 Å². The maximum Gasteiger partial charge on any atom is 0.276 e. The standard InChI is InChI=1S/C21H25N3O4S/c1-4-12-27-17-11-6-5-10-16(17)20(26)22-21(29)24-23-18(25)13-28-19-14(2)8-7-9-15(19)3/h5-11H,4,12-13H2,1-3H3,(H,23,25)(H2,22,24,26,29). The fourth-order valence-electron chi connectivity index (χ4n) is 2.52. The highest BCUT2D eigenvalue weighted by atomic mass is 32.1. The monoisotopic (exact) mass is 415 g/mol. The van der Waals surface area contributed by atoms with Gasteiger partial charge in [0.25, 0.3) is 11.8 Å². The fraction of sp³-hybridized carbons (Fsp3) is 0.286. The zero-order valence-corrected chi connectivity index (χ0v) is 17.5. The highest BCUT2D eigenvalue weighted by Gasteiger charge is 2.14. The first-order chi connectivity index (χ1) is 13.9. The van der Waals surface area contributed by atoms with Gasteiger partial charge in [-0.1, -0.05) is 37.3 Å². The number of ether oxygens (including phenoxy) is 2. The van der Waals surface area contributed by atoms with Crippen LogP contribution >= 0.6 is 12.2 Å². The van der Waals surface area contributed by atoms with E-state index >= 15 is 0 Å². The molecule has 0 fully saturated rings. The molecule has 0 unspecified atom stereocenters. The van der Waals surface area contributed by atoms with E-state index in [1.54, 1.807) is 24.3 Å². The topological polar surface area (TPSA) is 88.7 Å². The van der Waals surface area contributed by atoms with Crippen LogP contribution in [0.25, 0.3) is 0 Å². The van der Waals surface area contributed by atoms with Gasteiger partial charge in [0, 0.05) is 0 Å². The Hall–Kier alpha value is -3.13. The van der Waals surface area contributed by atoms with Gasteiger partial charge in [-0.15, -0.1) is 0 Å². The predicted molar refractivity (Wildman–Crippen MR) is 115 cm³/mol. The molecule has 3 N–H and O–H groups in total. The number of benzene rings is 2. The average Bonchev–Trinajstić information content (AvgIpc) is 2.70. The van der Waals surface area contributed by atoms with E-state index < -0.39 is 11.8 Å². The normalized spacial score (nSPS) is 10.0. The summed E-state index contributed by atoms with van der Waals surface area (Å²) in [5.74, 6) is 0.272. The molecular weight excluding hydrogens is 390 g/mol. The van der Waals surface area contributed by atoms with E-state index in [0.717, 1.165) is 17.5 Å². The van der Waals surface area contributed by atoms with Crippen molar-refractivity contribution >= 4 is 29.1 Å². The van der Waals surface area contributed by atoms with Crippen LogP contribution in [0.5, 0.6) is 11.5 Å². The van der Waals surface area contributed by atoms with Crippen LogP contribution < -0.4 is 25.6 Å². The molecule has 0 aromatic heterocycles. The zero-order chi connectivity index (χ0) is 21.2. The maximum absolute atomic E-state index is 12.4. The number of carbonyl (C=O) groups excluding carboxylic acids is 2. The van der Waals surface area contributed by atoms with E-state index in [1.807, 2.05) is 39.0 Å². The number of amides is 2. The number of aryl methyl sites for hydroxylation is 2. The summed E-state index contributed by atoms with van der Waals surface area (Å²) in [6.07, 6.45) is 0.825. The van der Waals surface area contributed by atoms with Crippen molar-refractivity contribution in [2.75, 3.05) is 13.2 Å². The van der Waals surface area contributed by atoms with E-state index in [-0.39, 0.29) is 11.7 Å². The van der Waals surface area contributed by atoms with Crippen LogP contribution in [-0.4, -0.2) is 30.1 Å². The first-order valence-electron chi connectivity index (χ1n) is 9.23. The van der Waals surface area contributed by atoms with E-state index in [2.05, 4.69) is 16.2 Å².